The summed E-state index contributed by atoms with van der Waals surface area (Å²) in [6.45, 7) is 3.50. The summed E-state index contributed by atoms with van der Waals surface area (Å²) >= 11 is 5.91. The van der Waals surface area contributed by atoms with Crippen LogP contribution in [0.3, 0.4) is 0 Å². The number of rotatable bonds is 3. The molecule has 9 heteroatoms. The Morgan fingerprint density at radius 1 is 1.00 bits per heavy atom. The topological polar surface area (TPSA) is 87.0 Å². The predicted molar refractivity (Wildman–Crippen MR) is 110 cm³/mol. The molecule has 2 amide bonds. The van der Waals surface area contributed by atoms with E-state index in [0.29, 0.717) is 6.54 Å². The lowest BCUT2D eigenvalue weighted by molar-refractivity contribution is -0.384. The van der Waals surface area contributed by atoms with Crippen molar-refractivity contribution < 1.29 is 14.5 Å². The average molecular weight is 427 g/mol. The fourth-order valence-electron chi connectivity index (χ4n) is 4.91. The van der Waals surface area contributed by atoms with Crippen LogP contribution in [0.5, 0.6) is 0 Å². The largest absolute Gasteiger partial charge is 0.289 e. The number of nitro benzene ring substituents is 1. The van der Waals surface area contributed by atoms with Crippen molar-refractivity contribution in [2.45, 2.75) is 25.4 Å². The Labute approximate surface area is 177 Å². The number of anilines is 1. The SMILES string of the molecule is Cc1ccc([C@@H]2[C@H]3C(=O)N(c4ccc(Cl)c([N+](=O)[O-])c4)C(=O)[C@@H]3N3CCCN23)cc1. The number of carbonyl (C=O) groups excluding carboxylic acids is 2. The molecule has 0 aliphatic carbocycles. The fourth-order valence-corrected chi connectivity index (χ4v) is 5.10. The Bertz CT molecular complexity index is 1070. The zero-order valence-corrected chi connectivity index (χ0v) is 17.0. The summed E-state index contributed by atoms with van der Waals surface area (Å²) < 4.78 is 0. The zero-order valence-electron chi connectivity index (χ0n) is 16.2. The second kappa shape index (κ2) is 6.87. The van der Waals surface area contributed by atoms with Gasteiger partial charge < -0.3 is 0 Å². The van der Waals surface area contributed by atoms with Gasteiger partial charge in [-0.2, -0.15) is 0 Å². The van der Waals surface area contributed by atoms with Crippen molar-refractivity contribution >= 4 is 34.8 Å². The summed E-state index contributed by atoms with van der Waals surface area (Å²) in [7, 11) is 0. The number of nitro groups is 1. The summed E-state index contributed by atoms with van der Waals surface area (Å²) in [6.07, 6.45) is 0.916. The molecule has 0 saturated carbocycles. The van der Waals surface area contributed by atoms with Crippen LogP contribution in [0.2, 0.25) is 5.02 Å². The van der Waals surface area contributed by atoms with Crippen LogP contribution < -0.4 is 4.90 Å². The van der Waals surface area contributed by atoms with Gasteiger partial charge in [0, 0.05) is 19.2 Å². The van der Waals surface area contributed by atoms with Gasteiger partial charge in [0.05, 0.1) is 22.6 Å². The molecule has 0 spiro atoms. The molecule has 0 radical (unpaired) electrons. The van der Waals surface area contributed by atoms with E-state index in [1.54, 1.807) is 0 Å². The van der Waals surface area contributed by atoms with Crippen LogP contribution in [-0.2, 0) is 9.59 Å². The number of aryl methyl sites for hydroxylation is 1. The Balaban J connectivity index is 1.58. The van der Waals surface area contributed by atoms with Crippen LogP contribution in [0.4, 0.5) is 11.4 Å². The standard InChI is InChI=1S/C21H19ClN4O4/c1-12-3-5-13(6-4-12)18-17-19(24-10-2-9-23(18)24)21(28)25(20(17)27)14-7-8-15(22)16(11-14)26(29)30/h3-8,11,17-19H,2,9-10H2,1H3/t17-,18-,19-/m1/s1. The molecule has 0 bridgehead atoms. The Morgan fingerprint density at radius 3 is 2.33 bits per heavy atom. The molecule has 2 aromatic carbocycles. The second-order valence-corrected chi connectivity index (χ2v) is 8.32. The first-order valence-electron chi connectivity index (χ1n) is 9.80. The van der Waals surface area contributed by atoms with Crippen molar-refractivity contribution in [1.82, 2.24) is 10.0 Å². The lowest BCUT2D eigenvalue weighted by Gasteiger charge is -2.29. The van der Waals surface area contributed by atoms with Crippen molar-refractivity contribution in [3.8, 4) is 0 Å². The monoisotopic (exact) mass is 426 g/mol. The lowest BCUT2D eigenvalue weighted by Crippen LogP contribution is -2.44. The first kappa shape index (κ1) is 19.2. The highest BCUT2D eigenvalue weighted by Crippen LogP contribution is 2.49. The van der Waals surface area contributed by atoms with E-state index in [4.69, 9.17) is 11.6 Å². The fraction of sp³-hybridized carbons (Fsp3) is 0.333. The molecule has 0 N–H and O–H groups in total. The number of hydrogen-bond acceptors (Lipinski definition) is 6. The van der Waals surface area contributed by atoms with E-state index < -0.39 is 16.9 Å². The normalized spacial score (nSPS) is 26.3. The second-order valence-electron chi connectivity index (χ2n) is 7.91. The third-order valence-electron chi connectivity index (χ3n) is 6.21. The summed E-state index contributed by atoms with van der Waals surface area (Å²) in [5.41, 5.74) is 1.97. The van der Waals surface area contributed by atoms with Gasteiger partial charge in [0.1, 0.15) is 11.1 Å². The summed E-state index contributed by atoms with van der Waals surface area (Å²) in [5.74, 6) is -1.24. The number of hydrogen-bond donors (Lipinski definition) is 0. The number of hydrazine groups is 1. The molecule has 3 atom stereocenters. The molecule has 3 fully saturated rings. The third kappa shape index (κ3) is 2.68. The molecule has 2 aromatic rings. The number of imide groups is 1. The van der Waals surface area contributed by atoms with Gasteiger partial charge in [-0.25, -0.2) is 14.9 Å². The van der Waals surface area contributed by atoms with Crippen LogP contribution >= 0.6 is 11.6 Å². The van der Waals surface area contributed by atoms with Gasteiger partial charge in [0.2, 0.25) is 5.91 Å². The minimum absolute atomic E-state index is 0.0358. The van der Waals surface area contributed by atoms with Crippen LogP contribution in [0.25, 0.3) is 0 Å². The van der Waals surface area contributed by atoms with Crippen LogP contribution in [-0.4, -0.2) is 45.9 Å². The van der Waals surface area contributed by atoms with E-state index in [9.17, 15) is 19.7 Å². The van der Waals surface area contributed by atoms with Gasteiger partial charge in [-0.3, -0.25) is 19.7 Å². The molecule has 5 rings (SSSR count). The van der Waals surface area contributed by atoms with Crippen LogP contribution in [0, 0.1) is 23.0 Å². The van der Waals surface area contributed by atoms with Gasteiger partial charge in [0.15, 0.2) is 0 Å². The van der Waals surface area contributed by atoms with Gasteiger partial charge in [-0.05, 0) is 31.0 Å². The Hall–Kier alpha value is -2.81. The number of halogens is 1. The summed E-state index contributed by atoms with van der Waals surface area (Å²) in [4.78, 5) is 38.6. The maximum Gasteiger partial charge on any atom is 0.289 e. The van der Waals surface area contributed by atoms with Gasteiger partial charge in [-0.15, -0.1) is 0 Å². The summed E-state index contributed by atoms with van der Waals surface area (Å²) in [5, 5.41) is 15.4. The van der Waals surface area contributed by atoms with E-state index in [1.807, 2.05) is 36.2 Å². The quantitative estimate of drug-likeness (QED) is 0.426. The van der Waals surface area contributed by atoms with Crippen molar-refractivity contribution in [3.63, 3.8) is 0 Å². The highest BCUT2D eigenvalue weighted by molar-refractivity contribution is 6.33. The van der Waals surface area contributed by atoms with E-state index in [2.05, 4.69) is 5.01 Å². The predicted octanol–water partition coefficient (Wildman–Crippen LogP) is 3.09. The molecular weight excluding hydrogens is 408 g/mol. The molecule has 3 aliphatic rings. The molecule has 8 nitrogen and oxygen atoms in total. The number of nitrogens with zero attached hydrogens (tertiary/aromatic N) is 4. The highest BCUT2D eigenvalue weighted by Gasteiger charge is 2.62. The molecular formula is C21H19ClN4O4. The number of fused-ring (bicyclic) bond motifs is 3. The van der Waals surface area contributed by atoms with Gasteiger partial charge in [0.25, 0.3) is 11.6 Å². The molecule has 3 heterocycles. The van der Waals surface area contributed by atoms with E-state index in [1.165, 1.54) is 18.2 Å². The van der Waals surface area contributed by atoms with E-state index in [0.717, 1.165) is 29.0 Å². The summed E-state index contributed by atoms with van der Waals surface area (Å²) in [6, 6.07) is 11.2. The highest BCUT2D eigenvalue weighted by atomic mass is 35.5. The molecule has 3 saturated heterocycles. The molecule has 0 aromatic heterocycles. The van der Waals surface area contributed by atoms with Crippen molar-refractivity contribution in [1.29, 1.82) is 0 Å². The van der Waals surface area contributed by atoms with Gasteiger partial charge >= 0.3 is 0 Å². The van der Waals surface area contributed by atoms with E-state index >= 15 is 0 Å². The lowest BCUT2D eigenvalue weighted by atomic mass is 9.89. The smallest absolute Gasteiger partial charge is 0.274 e. The molecule has 30 heavy (non-hydrogen) atoms. The molecule has 154 valence electrons. The number of amides is 2. The van der Waals surface area contributed by atoms with E-state index in [-0.39, 0.29) is 34.3 Å². The molecule has 3 aliphatic heterocycles. The first-order valence-corrected chi connectivity index (χ1v) is 10.2. The van der Waals surface area contributed by atoms with Crippen LogP contribution in [0.1, 0.15) is 23.6 Å². The third-order valence-corrected chi connectivity index (χ3v) is 6.53. The average Bonchev–Trinajstić information content (AvgIpc) is 3.36. The van der Waals surface area contributed by atoms with Crippen molar-refractivity contribution in [3.05, 3.63) is 68.7 Å². The van der Waals surface area contributed by atoms with Crippen molar-refractivity contribution in [2.24, 2.45) is 5.92 Å². The number of benzene rings is 2. The minimum atomic E-state index is -0.616. The Morgan fingerprint density at radius 2 is 1.67 bits per heavy atom. The first-order chi connectivity index (χ1) is 14.4. The van der Waals surface area contributed by atoms with Gasteiger partial charge in [-0.1, -0.05) is 41.4 Å². The minimum Gasteiger partial charge on any atom is -0.274 e. The number of carbonyl (C=O) groups is 2. The molecule has 0 unspecified atom stereocenters. The van der Waals surface area contributed by atoms with Crippen LogP contribution in [0.15, 0.2) is 42.5 Å². The zero-order chi connectivity index (χ0) is 21.2. The maximum atomic E-state index is 13.5. The Kier molecular flexibility index (Phi) is 4.39. The van der Waals surface area contributed by atoms with Crippen molar-refractivity contribution in [2.75, 3.05) is 18.0 Å². The maximum absolute atomic E-state index is 13.5.